The maximum absolute atomic E-state index is 10.9. The Morgan fingerprint density at radius 2 is 1.52 bits per heavy atom. The van der Waals surface area contributed by atoms with E-state index in [1.807, 2.05) is 30.3 Å². The highest BCUT2D eigenvalue weighted by molar-refractivity contribution is 7.46. The molecule has 29 heavy (non-hydrogen) atoms. The number of unbranched alkanes of at least 4 members (excludes halogenated alkanes) is 8. The van der Waals surface area contributed by atoms with Gasteiger partial charge in [0.15, 0.2) is 0 Å². The Labute approximate surface area is 174 Å². The second-order valence-electron chi connectivity index (χ2n) is 7.23. The van der Waals surface area contributed by atoms with Gasteiger partial charge in [0.2, 0.25) is 6.29 Å². The highest BCUT2D eigenvalue weighted by Gasteiger charge is 2.21. The van der Waals surface area contributed by atoms with Crippen LogP contribution in [0.1, 0.15) is 83.5 Å². The smallest absolute Gasteiger partial charge is 0.343 e. The van der Waals surface area contributed by atoms with E-state index in [1.54, 1.807) is 0 Å². The molecule has 0 bridgehead atoms. The molecular weight excluding hydrogens is 395 g/mol. The van der Waals surface area contributed by atoms with Gasteiger partial charge in [-0.25, -0.2) is 9.45 Å². The Balaban J connectivity index is 2.24. The quantitative estimate of drug-likeness (QED) is 0.101. The third kappa shape index (κ3) is 14.8. The zero-order chi connectivity index (χ0) is 21.4. The summed E-state index contributed by atoms with van der Waals surface area (Å²) in [5.41, 5.74) is 0.753. The van der Waals surface area contributed by atoms with E-state index in [4.69, 9.17) is 24.3 Å². The molecule has 0 spiro atoms. The van der Waals surface area contributed by atoms with E-state index in [0.29, 0.717) is 6.61 Å². The van der Waals surface area contributed by atoms with Gasteiger partial charge in [-0.1, -0.05) is 88.6 Å². The lowest BCUT2D eigenvalue weighted by molar-refractivity contribution is -0.385. The topological polar surface area (TPSA) is 94.5 Å². The largest absolute Gasteiger partial charge is 0.469 e. The van der Waals surface area contributed by atoms with Crippen LogP contribution in [0.2, 0.25) is 0 Å². The lowest BCUT2D eigenvalue weighted by Gasteiger charge is -2.20. The Bertz CT molecular complexity index is 549. The van der Waals surface area contributed by atoms with Gasteiger partial charge in [0.25, 0.3) is 0 Å². The standard InChI is InChI=1S/C21H37O7P/c1-3-4-5-6-7-8-9-10-14-17-26-27-21(20-15-12-11-13-16-20)25-18-19(2)28-29(22,23)24/h11-13,15-16,19,21H,3-10,14,17-18H2,1-2H3,(H2,22,23,24). The van der Waals surface area contributed by atoms with E-state index < -0.39 is 20.2 Å². The minimum atomic E-state index is -4.55. The average Bonchev–Trinajstić information content (AvgIpc) is 2.67. The molecule has 0 fully saturated rings. The molecule has 7 nitrogen and oxygen atoms in total. The molecule has 0 amide bonds. The molecule has 1 aromatic carbocycles. The second-order valence-corrected chi connectivity index (χ2v) is 8.42. The highest BCUT2D eigenvalue weighted by atomic mass is 31.2. The van der Waals surface area contributed by atoms with Crippen molar-refractivity contribution in [2.24, 2.45) is 0 Å². The first-order valence-electron chi connectivity index (χ1n) is 10.6. The fourth-order valence-corrected chi connectivity index (χ4v) is 3.39. The van der Waals surface area contributed by atoms with E-state index in [2.05, 4.69) is 11.4 Å². The molecule has 0 saturated carbocycles. The van der Waals surface area contributed by atoms with Gasteiger partial charge < -0.3 is 14.5 Å². The Morgan fingerprint density at radius 3 is 2.10 bits per heavy atom. The van der Waals surface area contributed by atoms with E-state index in [0.717, 1.165) is 18.4 Å². The zero-order valence-electron chi connectivity index (χ0n) is 17.7. The molecule has 1 aromatic rings. The van der Waals surface area contributed by atoms with Crippen molar-refractivity contribution in [2.75, 3.05) is 13.2 Å². The van der Waals surface area contributed by atoms with Gasteiger partial charge in [-0.2, -0.15) is 4.89 Å². The van der Waals surface area contributed by atoms with Crippen molar-refractivity contribution in [1.82, 2.24) is 0 Å². The first kappa shape index (κ1) is 26.2. The zero-order valence-corrected chi connectivity index (χ0v) is 18.6. The first-order valence-corrected chi connectivity index (χ1v) is 12.1. The molecule has 168 valence electrons. The first-order chi connectivity index (χ1) is 13.9. The van der Waals surface area contributed by atoms with Crippen LogP contribution in [0.3, 0.4) is 0 Å². The molecule has 8 heteroatoms. The van der Waals surface area contributed by atoms with E-state index in [-0.39, 0.29) is 6.61 Å². The van der Waals surface area contributed by atoms with Crippen molar-refractivity contribution in [3.8, 4) is 0 Å². The van der Waals surface area contributed by atoms with Gasteiger partial charge in [0, 0.05) is 5.56 Å². The summed E-state index contributed by atoms with van der Waals surface area (Å²) in [6.07, 6.45) is 9.47. The Hall–Kier alpha value is -0.790. The highest BCUT2D eigenvalue weighted by Crippen LogP contribution is 2.37. The summed E-state index contributed by atoms with van der Waals surface area (Å²) in [7, 11) is -4.55. The van der Waals surface area contributed by atoms with Gasteiger partial charge in [-0.05, 0) is 13.3 Å². The monoisotopic (exact) mass is 432 g/mol. The number of ether oxygens (including phenoxy) is 1. The van der Waals surface area contributed by atoms with Crippen LogP contribution in [0.15, 0.2) is 30.3 Å². The molecule has 1 rings (SSSR count). The number of phosphoric ester groups is 1. The molecule has 0 aliphatic carbocycles. The summed E-state index contributed by atoms with van der Waals surface area (Å²) in [4.78, 5) is 28.5. The van der Waals surface area contributed by atoms with Gasteiger partial charge in [-0.3, -0.25) is 4.52 Å². The molecule has 0 saturated heterocycles. The Kier molecular flexibility index (Phi) is 14.5. The average molecular weight is 432 g/mol. The second kappa shape index (κ2) is 16.0. The van der Waals surface area contributed by atoms with Crippen LogP contribution >= 0.6 is 7.82 Å². The van der Waals surface area contributed by atoms with E-state index >= 15 is 0 Å². The van der Waals surface area contributed by atoms with Gasteiger partial charge in [-0.15, -0.1) is 0 Å². The van der Waals surface area contributed by atoms with Crippen LogP contribution in [-0.2, 0) is 23.6 Å². The van der Waals surface area contributed by atoms with E-state index in [9.17, 15) is 4.57 Å². The summed E-state index contributed by atoms with van der Waals surface area (Å²) in [5.74, 6) is 0. The predicted octanol–water partition coefficient (Wildman–Crippen LogP) is 5.68. The number of hydrogen-bond donors (Lipinski definition) is 2. The third-order valence-electron chi connectivity index (χ3n) is 4.36. The molecule has 0 heterocycles. The van der Waals surface area contributed by atoms with Crippen LogP contribution in [0.5, 0.6) is 0 Å². The fourth-order valence-electron chi connectivity index (χ4n) is 2.86. The van der Waals surface area contributed by atoms with Gasteiger partial charge >= 0.3 is 7.82 Å². The summed E-state index contributed by atoms with van der Waals surface area (Å²) in [6.45, 7) is 4.17. The van der Waals surface area contributed by atoms with Gasteiger partial charge in [0.1, 0.15) is 0 Å². The molecule has 2 N–H and O–H groups in total. The summed E-state index contributed by atoms with van der Waals surface area (Å²) in [6, 6.07) is 9.25. The van der Waals surface area contributed by atoms with Crippen molar-refractivity contribution in [2.45, 2.75) is 84.0 Å². The SMILES string of the molecule is CCCCCCCCCCCOOC(OCC(C)OP(=O)(O)O)c1ccccc1. The van der Waals surface area contributed by atoms with Crippen LogP contribution in [0, 0.1) is 0 Å². The van der Waals surface area contributed by atoms with Crippen LogP contribution in [0.25, 0.3) is 0 Å². The predicted molar refractivity (Wildman–Crippen MR) is 112 cm³/mol. The lowest BCUT2D eigenvalue weighted by Crippen LogP contribution is -2.19. The molecule has 0 radical (unpaired) electrons. The molecule has 0 aliphatic rings. The number of rotatable bonds is 18. The summed E-state index contributed by atoms with van der Waals surface area (Å²) >= 11 is 0. The van der Waals surface area contributed by atoms with Crippen LogP contribution in [-0.4, -0.2) is 29.1 Å². The number of hydrogen-bond acceptors (Lipinski definition) is 5. The minimum Gasteiger partial charge on any atom is -0.343 e. The van der Waals surface area contributed by atoms with Crippen molar-refractivity contribution < 1.29 is 33.4 Å². The number of phosphoric acid groups is 1. The Morgan fingerprint density at radius 1 is 0.931 bits per heavy atom. The lowest BCUT2D eigenvalue weighted by atomic mass is 10.1. The molecule has 0 aromatic heterocycles. The third-order valence-corrected chi connectivity index (χ3v) is 4.99. The molecular formula is C21H37O7P. The molecule has 0 aliphatic heterocycles. The van der Waals surface area contributed by atoms with Gasteiger partial charge in [0.05, 0.1) is 19.3 Å². The summed E-state index contributed by atoms with van der Waals surface area (Å²) < 4.78 is 21.1. The van der Waals surface area contributed by atoms with Crippen molar-refractivity contribution in [1.29, 1.82) is 0 Å². The minimum absolute atomic E-state index is 0.0495. The van der Waals surface area contributed by atoms with Crippen molar-refractivity contribution in [3.63, 3.8) is 0 Å². The molecule has 2 unspecified atom stereocenters. The van der Waals surface area contributed by atoms with Crippen LogP contribution < -0.4 is 0 Å². The molecule has 2 atom stereocenters. The number of benzene rings is 1. The summed E-state index contributed by atoms with van der Waals surface area (Å²) in [5, 5.41) is 0. The van der Waals surface area contributed by atoms with E-state index in [1.165, 1.54) is 51.9 Å². The maximum atomic E-state index is 10.9. The van der Waals surface area contributed by atoms with Crippen molar-refractivity contribution in [3.05, 3.63) is 35.9 Å². The van der Waals surface area contributed by atoms with Crippen LogP contribution in [0.4, 0.5) is 0 Å². The fraction of sp³-hybridized carbons (Fsp3) is 0.714. The maximum Gasteiger partial charge on any atom is 0.469 e. The van der Waals surface area contributed by atoms with Crippen molar-refractivity contribution >= 4 is 7.82 Å². The normalized spacial score (nSPS) is 14.1.